The lowest BCUT2D eigenvalue weighted by Crippen LogP contribution is -2.02. The van der Waals surface area contributed by atoms with Crippen molar-refractivity contribution in [2.75, 3.05) is 14.2 Å². The summed E-state index contributed by atoms with van der Waals surface area (Å²) < 4.78 is 10.0. The fraction of sp³-hybridized carbons (Fsp3) is 0.222. The number of benzene rings is 1. The Hall–Kier alpha value is -1.23. The minimum atomic E-state index is -0.609. The van der Waals surface area contributed by atoms with Gasteiger partial charge in [-0.3, -0.25) is 0 Å². The van der Waals surface area contributed by atoms with Gasteiger partial charge in [0.1, 0.15) is 5.56 Å². The van der Waals surface area contributed by atoms with E-state index in [2.05, 4.69) is 20.7 Å². The number of phenolic OH excluding ortho intramolecular Hbond substituents is 1. The van der Waals surface area contributed by atoms with Gasteiger partial charge in [-0.2, -0.15) is 0 Å². The molecule has 0 bridgehead atoms. The summed E-state index contributed by atoms with van der Waals surface area (Å²) in [7, 11) is 2.65. The average Bonchev–Trinajstić information content (AvgIpc) is 2.19. The maximum absolute atomic E-state index is 11.2. The normalized spacial score (nSPS) is 9.64. The van der Waals surface area contributed by atoms with Crippen molar-refractivity contribution in [1.82, 2.24) is 0 Å². The lowest BCUT2D eigenvalue weighted by molar-refractivity contribution is 0.0596. The molecule has 0 amide bonds. The first kappa shape index (κ1) is 10.8. The zero-order chi connectivity index (χ0) is 10.7. The largest absolute Gasteiger partial charge is 0.504 e. The van der Waals surface area contributed by atoms with Crippen molar-refractivity contribution in [2.24, 2.45) is 0 Å². The summed E-state index contributed by atoms with van der Waals surface area (Å²) in [6.45, 7) is 0. The molecule has 0 aliphatic rings. The van der Waals surface area contributed by atoms with E-state index in [1.165, 1.54) is 20.3 Å². The molecule has 0 fully saturated rings. The molecule has 14 heavy (non-hydrogen) atoms. The minimum absolute atomic E-state index is 0.0683. The molecule has 0 radical (unpaired) electrons. The Bertz CT molecular complexity index is 362. The Labute approximate surface area is 89.6 Å². The smallest absolute Gasteiger partial charge is 0.341 e. The molecule has 0 saturated heterocycles. The number of hydrogen-bond acceptors (Lipinski definition) is 4. The van der Waals surface area contributed by atoms with Crippen LogP contribution in [0.15, 0.2) is 16.6 Å². The predicted molar refractivity (Wildman–Crippen MR) is 53.7 cm³/mol. The average molecular weight is 261 g/mol. The number of rotatable bonds is 2. The molecule has 0 spiro atoms. The molecule has 0 saturated carbocycles. The summed E-state index contributed by atoms with van der Waals surface area (Å²) >= 11 is 3.19. The van der Waals surface area contributed by atoms with Gasteiger partial charge in [-0.25, -0.2) is 4.79 Å². The van der Waals surface area contributed by atoms with Crippen LogP contribution in [0.25, 0.3) is 0 Å². The Balaban J connectivity index is 3.29. The third-order valence-corrected chi connectivity index (χ3v) is 2.12. The number of esters is 1. The second-order valence-corrected chi connectivity index (χ2v) is 3.41. The SMILES string of the molecule is COC(=O)c1cc(Br)cc(OC)c1O. The summed E-state index contributed by atoms with van der Waals surface area (Å²) in [5.41, 5.74) is 0.0683. The van der Waals surface area contributed by atoms with Crippen molar-refractivity contribution in [3.63, 3.8) is 0 Å². The highest BCUT2D eigenvalue weighted by molar-refractivity contribution is 9.10. The molecule has 1 N–H and O–H groups in total. The van der Waals surface area contributed by atoms with Crippen LogP contribution < -0.4 is 4.74 Å². The van der Waals surface area contributed by atoms with Crippen molar-refractivity contribution in [1.29, 1.82) is 0 Å². The summed E-state index contributed by atoms with van der Waals surface area (Å²) in [5.74, 6) is -0.607. The Morgan fingerprint density at radius 2 is 2.07 bits per heavy atom. The third-order valence-electron chi connectivity index (χ3n) is 1.66. The number of phenols is 1. The van der Waals surface area contributed by atoms with Gasteiger partial charge in [-0.05, 0) is 12.1 Å². The molecular formula is C9H9BrO4. The van der Waals surface area contributed by atoms with Crippen molar-refractivity contribution >= 4 is 21.9 Å². The zero-order valence-electron chi connectivity index (χ0n) is 7.70. The summed E-state index contributed by atoms with van der Waals surface area (Å²) in [4.78, 5) is 11.2. The van der Waals surface area contributed by atoms with E-state index in [4.69, 9.17) is 4.74 Å². The fourth-order valence-corrected chi connectivity index (χ4v) is 1.43. The molecule has 0 aliphatic carbocycles. The first-order valence-corrected chi connectivity index (χ1v) is 4.54. The van der Waals surface area contributed by atoms with Gasteiger partial charge in [0, 0.05) is 4.47 Å². The quantitative estimate of drug-likeness (QED) is 0.826. The topological polar surface area (TPSA) is 55.8 Å². The molecule has 4 nitrogen and oxygen atoms in total. The number of aromatic hydroxyl groups is 1. The molecule has 1 aromatic carbocycles. The first-order chi connectivity index (χ1) is 6.60. The highest BCUT2D eigenvalue weighted by atomic mass is 79.9. The Kier molecular flexibility index (Phi) is 3.35. The van der Waals surface area contributed by atoms with E-state index in [9.17, 15) is 9.90 Å². The molecule has 0 heterocycles. The predicted octanol–water partition coefficient (Wildman–Crippen LogP) is 1.95. The van der Waals surface area contributed by atoms with Gasteiger partial charge in [-0.1, -0.05) is 15.9 Å². The van der Waals surface area contributed by atoms with Crippen LogP contribution in [-0.2, 0) is 4.74 Å². The van der Waals surface area contributed by atoms with Gasteiger partial charge in [0.25, 0.3) is 0 Å². The number of ether oxygens (including phenoxy) is 2. The van der Waals surface area contributed by atoms with E-state index >= 15 is 0 Å². The summed E-state index contributed by atoms with van der Waals surface area (Å²) in [6.07, 6.45) is 0. The van der Waals surface area contributed by atoms with Crippen molar-refractivity contribution in [3.8, 4) is 11.5 Å². The molecule has 1 aromatic rings. The van der Waals surface area contributed by atoms with Crippen LogP contribution >= 0.6 is 15.9 Å². The van der Waals surface area contributed by atoms with Crippen LogP contribution in [0.3, 0.4) is 0 Å². The molecule has 5 heteroatoms. The van der Waals surface area contributed by atoms with E-state index in [1.54, 1.807) is 6.07 Å². The molecule has 0 aromatic heterocycles. The van der Waals surface area contributed by atoms with E-state index in [-0.39, 0.29) is 17.1 Å². The second kappa shape index (κ2) is 4.32. The van der Waals surface area contributed by atoms with Crippen molar-refractivity contribution < 1.29 is 19.4 Å². The molecule has 0 aliphatic heterocycles. The van der Waals surface area contributed by atoms with Gasteiger partial charge in [-0.15, -0.1) is 0 Å². The van der Waals surface area contributed by atoms with Gasteiger partial charge in [0.05, 0.1) is 14.2 Å². The van der Waals surface area contributed by atoms with Crippen LogP contribution in [0.2, 0.25) is 0 Å². The Morgan fingerprint density at radius 3 is 2.57 bits per heavy atom. The number of carbonyl (C=O) groups is 1. The molecule has 0 unspecified atom stereocenters. The van der Waals surface area contributed by atoms with E-state index in [0.717, 1.165) is 0 Å². The monoisotopic (exact) mass is 260 g/mol. The maximum Gasteiger partial charge on any atom is 0.341 e. The fourth-order valence-electron chi connectivity index (χ4n) is 0.995. The minimum Gasteiger partial charge on any atom is -0.504 e. The lowest BCUT2D eigenvalue weighted by Gasteiger charge is -2.07. The third kappa shape index (κ3) is 1.98. The number of halogens is 1. The van der Waals surface area contributed by atoms with E-state index in [1.807, 2.05) is 0 Å². The number of hydrogen-bond donors (Lipinski definition) is 1. The molecule has 1 rings (SSSR count). The standard InChI is InChI=1S/C9H9BrO4/c1-13-7-4-5(10)3-6(8(7)11)9(12)14-2/h3-4,11H,1-2H3. The highest BCUT2D eigenvalue weighted by Crippen LogP contribution is 2.33. The van der Waals surface area contributed by atoms with Gasteiger partial charge in [0.15, 0.2) is 11.5 Å². The Morgan fingerprint density at radius 1 is 1.43 bits per heavy atom. The number of carbonyl (C=O) groups excluding carboxylic acids is 1. The van der Waals surface area contributed by atoms with Gasteiger partial charge < -0.3 is 14.6 Å². The zero-order valence-corrected chi connectivity index (χ0v) is 9.29. The van der Waals surface area contributed by atoms with Gasteiger partial charge >= 0.3 is 5.97 Å². The second-order valence-electron chi connectivity index (χ2n) is 2.50. The van der Waals surface area contributed by atoms with Crippen LogP contribution in [0.4, 0.5) is 0 Å². The first-order valence-electron chi connectivity index (χ1n) is 3.75. The molecular weight excluding hydrogens is 252 g/mol. The van der Waals surface area contributed by atoms with Crippen LogP contribution in [0.1, 0.15) is 10.4 Å². The van der Waals surface area contributed by atoms with Crippen molar-refractivity contribution in [3.05, 3.63) is 22.2 Å². The summed E-state index contributed by atoms with van der Waals surface area (Å²) in [6, 6.07) is 3.02. The van der Waals surface area contributed by atoms with E-state index in [0.29, 0.717) is 4.47 Å². The van der Waals surface area contributed by atoms with Crippen molar-refractivity contribution in [2.45, 2.75) is 0 Å². The number of methoxy groups -OCH3 is 2. The summed E-state index contributed by atoms with van der Waals surface area (Å²) in [5, 5.41) is 9.57. The van der Waals surface area contributed by atoms with Crippen LogP contribution in [0, 0.1) is 0 Å². The maximum atomic E-state index is 11.2. The van der Waals surface area contributed by atoms with Crippen LogP contribution in [-0.4, -0.2) is 25.3 Å². The molecule has 76 valence electrons. The van der Waals surface area contributed by atoms with Crippen LogP contribution in [0.5, 0.6) is 11.5 Å². The van der Waals surface area contributed by atoms with E-state index < -0.39 is 5.97 Å². The lowest BCUT2D eigenvalue weighted by atomic mass is 10.2. The highest BCUT2D eigenvalue weighted by Gasteiger charge is 2.16. The molecule has 0 atom stereocenters. The van der Waals surface area contributed by atoms with Gasteiger partial charge in [0.2, 0.25) is 0 Å².